The van der Waals surface area contributed by atoms with Crippen LogP contribution in [0.3, 0.4) is 0 Å². The number of aliphatic carboxylic acids is 1. The molecule has 9 heteroatoms. The average molecular weight is 317 g/mol. The van der Waals surface area contributed by atoms with Crippen molar-refractivity contribution in [2.45, 2.75) is 18.6 Å². The monoisotopic (exact) mass is 317 g/mol. The highest BCUT2D eigenvalue weighted by molar-refractivity contribution is 7.85. The van der Waals surface area contributed by atoms with E-state index in [0.29, 0.717) is 0 Å². The third kappa shape index (κ3) is 5.90. The lowest BCUT2D eigenvalue weighted by Gasteiger charge is -2.17. The minimum atomic E-state index is -4.34. The van der Waals surface area contributed by atoms with Crippen molar-refractivity contribution in [2.75, 3.05) is 5.75 Å². The first kappa shape index (κ1) is 17.1. The molecular weight excluding hydrogens is 302 g/mol. The molecule has 0 spiro atoms. The van der Waals surface area contributed by atoms with Crippen LogP contribution in [0, 0.1) is 0 Å². The Kier molecular flexibility index (Phi) is 5.82. The van der Waals surface area contributed by atoms with Gasteiger partial charge in [-0.25, -0.2) is 4.79 Å². The molecular formula is C12H15NO7S. The number of carboxylic acid groups (broad SMARTS) is 1. The van der Waals surface area contributed by atoms with Crippen molar-refractivity contribution in [3.8, 4) is 0 Å². The molecule has 0 saturated carbocycles. The fourth-order valence-corrected chi connectivity index (χ4v) is 2.10. The molecule has 21 heavy (non-hydrogen) atoms. The van der Waals surface area contributed by atoms with Crippen LogP contribution in [0.1, 0.15) is 18.1 Å². The number of benzene rings is 1. The molecule has 4 N–H and O–H groups in total. The summed E-state index contributed by atoms with van der Waals surface area (Å²) in [5, 5.41) is 20.7. The van der Waals surface area contributed by atoms with Crippen LogP contribution in [0.25, 0.3) is 0 Å². The molecule has 1 amide bonds. The highest BCUT2D eigenvalue weighted by atomic mass is 32.2. The number of rotatable bonds is 7. The molecule has 2 atom stereocenters. The fraction of sp³-hybridized carbons (Fsp3) is 0.333. The van der Waals surface area contributed by atoms with Crippen molar-refractivity contribution in [1.29, 1.82) is 0 Å². The molecule has 1 aromatic carbocycles. The van der Waals surface area contributed by atoms with E-state index in [9.17, 15) is 23.1 Å². The summed E-state index contributed by atoms with van der Waals surface area (Å²) in [6.07, 6.45) is -2.08. The molecule has 0 heterocycles. The Bertz CT molecular complexity index is 599. The molecule has 1 aromatic rings. The van der Waals surface area contributed by atoms with E-state index in [0.717, 1.165) is 0 Å². The zero-order chi connectivity index (χ0) is 16.0. The lowest BCUT2D eigenvalue weighted by atomic mass is 10.1. The van der Waals surface area contributed by atoms with Crippen molar-refractivity contribution in [3.63, 3.8) is 0 Å². The quantitative estimate of drug-likeness (QED) is 0.500. The molecule has 0 saturated heterocycles. The van der Waals surface area contributed by atoms with Crippen molar-refractivity contribution in [3.05, 3.63) is 35.9 Å². The molecule has 1 unspecified atom stereocenters. The van der Waals surface area contributed by atoms with Gasteiger partial charge in [-0.15, -0.1) is 0 Å². The van der Waals surface area contributed by atoms with Gasteiger partial charge in [0.05, 0.1) is 5.75 Å². The molecule has 8 nitrogen and oxygen atoms in total. The Labute approximate surface area is 121 Å². The van der Waals surface area contributed by atoms with Crippen molar-refractivity contribution < 1.29 is 32.8 Å². The largest absolute Gasteiger partial charge is 0.480 e. The Morgan fingerprint density at radius 2 is 1.76 bits per heavy atom. The van der Waals surface area contributed by atoms with E-state index in [1.54, 1.807) is 18.2 Å². The van der Waals surface area contributed by atoms with Gasteiger partial charge in [-0.3, -0.25) is 9.35 Å². The summed E-state index contributed by atoms with van der Waals surface area (Å²) >= 11 is 0. The van der Waals surface area contributed by atoms with Crippen molar-refractivity contribution in [2.24, 2.45) is 0 Å². The van der Waals surface area contributed by atoms with Crippen LogP contribution >= 0.6 is 0 Å². The van der Waals surface area contributed by atoms with Crippen LogP contribution in [0.15, 0.2) is 30.3 Å². The van der Waals surface area contributed by atoms with Gasteiger partial charge in [-0.1, -0.05) is 30.3 Å². The first-order valence-corrected chi connectivity index (χ1v) is 7.53. The zero-order valence-corrected chi connectivity index (χ0v) is 11.7. The molecule has 0 radical (unpaired) electrons. The highest BCUT2D eigenvalue weighted by Gasteiger charge is 2.26. The summed E-state index contributed by atoms with van der Waals surface area (Å²) < 4.78 is 29.8. The Morgan fingerprint density at radius 1 is 1.19 bits per heavy atom. The van der Waals surface area contributed by atoms with Crippen molar-refractivity contribution in [1.82, 2.24) is 5.32 Å². The summed E-state index contributed by atoms with van der Waals surface area (Å²) in [5.41, 5.74) is 0.272. The number of hydrogen-bond donors (Lipinski definition) is 4. The van der Waals surface area contributed by atoms with Gasteiger partial charge in [0.25, 0.3) is 16.0 Å². The molecule has 116 valence electrons. The predicted octanol–water partition coefficient (Wildman–Crippen LogP) is -0.433. The first-order chi connectivity index (χ1) is 9.70. The van der Waals surface area contributed by atoms with Gasteiger partial charge in [-0.2, -0.15) is 8.42 Å². The molecule has 0 bridgehead atoms. The zero-order valence-electron chi connectivity index (χ0n) is 10.8. The second-order valence-corrected chi connectivity index (χ2v) is 5.86. The van der Waals surface area contributed by atoms with E-state index in [1.807, 2.05) is 5.32 Å². The van der Waals surface area contributed by atoms with E-state index in [4.69, 9.17) is 9.66 Å². The van der Waals surface area contributed by atoms with E-state index >= 15 is 0 Å². The van der Waals surface area contributed by atoms with Gasteiger partial charge >= 0.3 is 5.97 Å². The van der Waals surface area contributed by atoms with Gasteiger partial charge in [0.15, 0.2) is 6.10 Å². The number of aliphatic hydroxyl groups excluding tert-OH is 1. The summed E-state index contributed by atoms with van der Waals surface area (Å²) in [7, 11) is -4.34. The fourth-order valence-electron chi connectivity index (χ4n) is 1.56. The summed E-state index contributed by atoms with van der Waals surface area (Å²) in [6, 6.07) is 6.31. The van der Waals surface area contributed by atoms with Gasteiger partial charge < -0.3 is 15.5 Å². The van der Waals surface area contributed by atoms with E-state index in [-0.39, 0.29) is 5.56 Å². The lowest BCUT2D eigenvalue weighted by Crippen LogP contribution is -2.44. The minimum Gasteiger partial charge on any atom is -0.480 e. The first-order valence-electron chi connectivity index (χ1n) is 5.92. The Morgan fingerprint density at radius 3 is 2.24 bits per heavy atom. The number of nitrogens with one attached hydrogen (secondary N) is 1. The van der Waals surface area contributed by atoms with Gasteiger partial charge in [-0.05, 0) is 12.0 Å². The molecule has 0 aromatic heterocycles. The SMILES string of the molecule is O=C(N[C@@H](CCS(=O)(=O)O)C(=O)O)C(O)c1ccccc1. The van der Waals surface area contributed by atoms with E-state index < -0.39 is 46.3 Å². The summed E-state index contributed by atoms with van der Waals surface area (Å²) in [5.74, 6) is -3.25. The van der Waals surface area contributed by atoms with Crippen LogP contribution in [0.5, 0.6) is 0 Å². The second kappa shape index (κ2) is 7.16. The molecule has 0 aliphatic carbocycles. The van der Waals surface area contributed by atoms with Crippen LogP contribution in [0.4, 0.5) is 0 Å². The predicted molar refractivity (Wildman–Crippen MR) is 72.0 cm³/mol. The standard InChI is InChI=1S/C12H15NO7S/c14-10(8-4-2-1-3-5-8)11(15)13-9(12(16)17)6-7-21(18,19)20/h1-5,9-10,14H,6-7H2,(H,13,15)(H,16,17)(H,18,19,20)/t9-,10?/m0/s1. The average Bonchev–Trinajstić information content (AvgIpc) is 2.42. The molecule has 0 fully saturated rings. The molecule has 0 aliphatic heterocycles. The van der Waals surface area contributed by atoms with Crippen LogP contribution < -0.4 is 5.32 Å². The third-order valence-corrected chi connectivity index (χ3v) is 3.39. The normalized spacial score (nSPS) is 14.2. The number of hydrogen-bond acceptors (Lipinski definition) is 5. The van der Waals surface area contributed by atoms with Crippen molar-refractivity contribution >= 4 is 22.0 Å². The lowest BCUT2D eigenvalue weighted by molar-refractivity contribution is -0.143. The summed E-state index contributed by atoms with van der Waals surface area (Å²) in [6.45, 7) is 0. The van der Waals surface area contributed by atoms with Gasteiger partial charge in [0, 0.05) is 0 Å². The van der Waals surface area contributed by atoms with E-state index in [1.165, 1.54) is 12.1 Å². The van der Waals surface area contributed by atoms with Crippen LogP contribution in [-0.4, -0.2) is 46.9 Å². The van der Waals surface area contributed by atoms with Gasteiger partial charge in [0.2, 0.25) is 0 Å². The number of carbonyl (C=O) groups excluding carboxylic acids is 1. The maximum Gasteiger partial charge on any atom is 0.326 e. The number of carbonyl (C=O) groups is 2. The topological polar surface area (TPSA) is 141 Å². The smallest absolute Gasteiger partial charge is 0.326 e. The molecule has 1 rings (SSSR count). The van der Waals surface area contributed by atoms with Crippen LogP contribution in [0.2, 0.25) is 0 Å². The Hall–Kier alpha value is -1.97. The van der Waals surface area contributed by atoms with Gasteiger partial charge in [0.1, 0.15) is 6.04 Å². The maximum absolute atomic E-state index is 11.7. The summed E-state index contributed by atoms with van der Waals surface area (Å²) in [4.78, 5) is 22.7. The maximum atomic E-state index is 11.7. The van der Waals surface area contributed by atoms with E-state index in [2.05, 4.69) is 0 Å². The number of amides is 1. The number of carboxylic acids is 1. The number of aliphatic hydroxyl groups is 1. The third-order valence-electron chi connectivity index (χ3n) is 2.64. The molecule has 0 aliphatic rings. The second-order valence-electron chi connectivity index (χ2n) is 4.29. The highest BCUT2D eigenvalue weighted by Crippen LogP contribution is 2.12. The minimum absolute atomic E-state index is 0.272. The van der Waals surface area contributed by atoms with Crippen LogP contribution in [-0.2, 0) is 19.7 Å². The Balaban J connectivity index is 2.71.